The van der Waals surface area contributed by atoms with E-state index in [1.165, 1.54) is 11.3 Å². The van der Waals surface area contributed by atoms with Crippen LogP contribution in [0.5, 0.6) is 0 Å². The highest BCUT2D eigenvalue weighted by molar-refractivity contribution is 7.09. The molecule has 1 atom stereocenters. The molecule has 128 valence electrons. The smallest absolute Gasteiger partial charge is 0.319 e. The monoisotopic (exact) mass is 346 g/mol. The maximum absolute atomic E-state index is 12.0. The lowest BCUT2D eigenvalue weighted by Crippen LogP contribution is -2.31. The number of urea groups is 1. The number of hydrogen-bond acceptors (Lipinski definition) is 4. The lowest BCUT2D eigenvalue weighted by atomic mass is 10.1. The molecule has 0 saturated carbocycles. The molecule has 0 aliphatic heterocycles. The molecule has 0 radical (unpaired) electrons. The van der Waals surface area contributed by atoms with E-state index in [2.05, 4.69) is 20.9 Å². The van der Waals surface area contributed by atoms with Crippen LogP contribution in [0.25, 0.3) is 0 Å². The van der Waals surface area contributed by atoms with Gasteiger partial charge in [0.1, 0.15) is 5.01 Å². The van der Waals surface area contributed by atoms with E-state index in [1.54, 1.807) is 18.3 Å². The summed E-state index contributed by atoms with van der Waals surface area (Å²) in [5.41, 5.74) is 1.57. The minimum absolute atomic E-state index is 0.0132. The standard InChI is InChI=1S/C17H22N4O2S/c1-11(2)19-15(22)10-13-4-6-14(7-5-13)21-17(23)20-12(3)16-18-8-9-24-16/h4-9,11-12H,10H2,1-3H3,(H,19,22)(H2,20,21,23). The molecule has 2 rings (SSSR count). The van der Waals surface area contributed by atoms with Crippen molar-refractivity contribution in [3.63, 3.8) is 0 Å². The molecule has 3 amide bonds. The molecule has 0 fully saturated rings. The summed E-state index contributed by atoms with van der Waals surface area (Å²) < 4.78 is 0. The van der Waals surface area contributed by atoms with Gasteiger partial charge in [-0.25, -0.2) is 9.78 Å². The van der Waals surface area contributed by atoms with E-state index in [-0.39, 0.29) is 24.0 Å². The first-order valence-corrected chi connectivity index (χ1v) is 8.67. The molecule has 3 N–H and O–H groups in total. The molecule has 6 nitrogen and oxygen atoms in total. The van der Waals surface area contributed by atoms with E-state index >= 15 is 0 Å². The minimum atomic E-state index is -0.289. The highest BCUT2D eigenvalue weighted by atomic mass is 32.1. The summed E-state index contributed by atoms with van der Waals surface area (Å²) in [5.74, 6) is -0.0132. The van der Waals surface area contributed by atoms with Crippen molar-refractivity contribution in [1.82, 2.24) is 15.6 Å². The zero-order valence-corrected chi connectivity index (χ0v) is 14.8. The first-order chi connectivity index (χ1) is 11.4. The summed E-state index contributed by atoms with van der Waals surface area (Å²) in [6.45, 7) is 5.74. The van der Waals surface area contributed by atoms with Crippen LogP contribution in [-0.4, -0.2) is 23.0 Å². The van der Waals surface area contributed by atoms with Crippen LogP contribution < -0.4 is 16.0 Å². The molecule has 0 aliphatic carbocycles. The van der Waals surface area contributed by atoms with Gasteiger partial charge >= 0.3 is 6.03 Å². The molecular weight excluding hydrogens is 324 g/mol. The number of amides is 3. The summed E-state index contributed by atoms with van der Waals surface area (Å²) in [7, 11) is 0. The topological polar surface area (TPSA) is 83.1 Å². The zero-order chi connectivity index (χ0) is 17.5. The second kappa shape index (κ2) is 8.44. The average Bonchev–Trinajstić information content (AvgIpc) is 3.02. The van der Waals surface area contributed by atoms with Gasteiger partial charge in [-0.05, 0) is 38.5 Å². The third kappa shape index (κ3) is 5.66. The zero-order valence-electron chi connectivity index (χ0n) is 14.0. The third-order valence-electron chi connectivity index (χ3n) is 3.20. The van der Waals surface area contributed by atoms with E-state index in [4.69, 9.17) is 0 Å². The molecule has 7 heteroatoms. The highest BCUT2D eigenvalue weighted by Gasteiger charge is 2.11. The molecule has 2 aromatic rings. The Morgan fingerprint density at radius 1 is 1.12 bits per heavy atom. The first-order valence-electron chi connectivity index (χ1n) is 7.79. The number of aromatic nitrogens is 1. The Morgan fingerprint density at radius 3 is 2.42 bits per heavy atom. The van der Waals surface area contributed by atoms with Gasteiger partial charge in [0.25, 0.3) is 0 Å². The molecule has 1 heterocycles. The SMILES string of the molecule is CC(C)NC(=O)Cc1ccc(NC(=O)NC(C)c2nccs2)cc1. The number of nitrogens with one attached hydrogen (secondary N) is 3. The van der Waals surface area contributed by atoms with E-state index in [1.807, 2.05) is 38.3 Å². The van der Waals surface area contributed by atoms with Crippen LogP contribution in [0, 0.1) is 0 Å². The largest absolute Gasteiger partial charge is 0.354 e. The number of carbonyl (C=O) groups excluding carboxylic acids is 2. The van der Waals surface area contributed by atoms with Crippen LogP contribution >= 0.6 is 11.3 Å². The van der Waals surface area contributed by atoms with Crippen LogP contribution in [0.4, 0.5) is 10.5 Å². The number of anilines is 1. The van der Waals surface area contributed by atoms with Crippen LogP contribution in [-0.2, 0) is 11.2 Å². The second-order valence-corrected chi connectivity index (χ2v) is 6.71. The average molecular weight is 346 g/mol. The number of hydrogen-bond donors (Lipinski definition) is 3. The Balaban J connectivity index is 1.84. The van der Waals surface area contributed by atoms with Gasteiger partial charge < -0.3 is 16.0 Å². The predicted octanol–water partition coefficient (Wildman–Crippen LogP) is 3.09. The third-order valence-corrected chi connectivity index (χ3v) is 4.15. The first kappa shape index (κ1) is 17.9. The molecule has 1 aromatic carbocycles. The van der Waals surface area contributed by atoms with E-state index < -0.39 is 0 Å². The Morgan fingerprint density at radius 2 is 1.83 bits per heavy atom. The molecule has 1 aromatic heterocycles. The molecule has 0 aliphatic rings. The van der Waals surface area contributed by atoms with Crippen LogP contribution in [0.1, 0.15) is 37.4 Å². The Kier molecular flexibility index (Phi) is 6.31. The quantitative estimate of drug-likeness (QED) is 0.751. The molecule has 1 unspecified atom stereocenters. The van der Waals surface area contributed by atoms with Crippen molar-refractivity contribution in [2.45, 2.75) is 39.3 Å². The summed E-state index contributed by atoms with van der Waals surface area (Å²) in [4.78, 5) is 27.9. The number of carbonyl (C=O) groups is 2. The van der Waals surface area contributed by atoms with Gasteiger partial charge in [0.2, 0.25) is 5.91 Å². The second-order valence-electron chi connectivity index (χ2n) is 5.79. The van der Waals surface area contributed by atoms with Crippen molar-refractivity contribution in [1.29, 1.82) is 0 Å². The molecule has 0 bridgehead atoms. The van der Waals surface area contributed by atoms with Crippen LogP contribution in [0.2, 0.25) is 0 Å². The molecule has 0 saturated heterocycles. The summed E-state index contributed by atoms with van der Waals surface area (Å²) in [6.07, 6.45) is 2.04. The Hall–Kier alpha value is -2.41. The molecule has 24 heavy (non-hydrogen) atoms. The van der Waals surface area contributed by atoms with Gasteiger partial charge in [-0.15, -0.1) is 11.3 Å². The van der Waals surface area contributed by atoms with Crippen molar-refractivity contribution in [2.24, 2.45) is 0 Å². The summed E-state index contributed by atoms with van der Waals surface area (Å²) in [6, 6.07) is 6.92. The Labute approximate surface area is 145 Å². The van der Waals surface area contributed by atoms with Crippen molar-refractivity contribution in [2.75, 3.05) is 5.32 Å². The lowest BCUT2D eigenvalue weighted by Gasteiger charge is -2.13. The molecule has 0 spiro atoms. The number of rotatable bonds is 6. The maximum atomic E-state index is 12.0. The fourth-order valence-electron chi connectivity index (χ4n) is 2.14. The van der Waals surface area contributed by atoms with Crippen LogP contribution in [0.15, 0.2) is 35.8 Å². The highest BCUT2D eigenvalue weighted by Crippen LogP contribution is 2.15. The summed E-state index contributed by atoms with van der Waals surface area (Å²) >= 11 is 1.50. The van der Waals surface area contributed by atoms with E-state index in [0.717, 1.165) is 10.6 Å². The maximum Gasteiger partial charge on any atom is 0.319 e. The van der Waals surface area contributed by atoms with E-state index in [9.17, 15) is 9.59 Å². The van der Waals surface area contributed by atoms with Gasteiger partial charge in [0.15, 0.2) is 0 Å². The lowest BCUT2D eigenvalue weighted by molar-refractivity contribution is -0.120. The minimum Gasteiger partial charge on any atom is -0.354 e. The van der Waals surface area contributed by atoms with Crippen molar-refractivity contribution in [3.05, 3.63) is 46.4 Å². The normalized spacial score (nSPS) is 11.8. The van der Waals surface area contributed by atoms with Gasteiger partial charge in [-0.3, -0.25) is 4.79 Å². The Bertz CT molecular complexity index is 668. The summed E-state index contributed by atoms with van der Waals surface area (Å²) in [5, 5.41) is 11.2. The number of nitrogens with zero attached hydrogens (tertiary/aromatic N) is 1. The van der Waals surface area contributed by atoms with E-state index in [0.29, 0.717) is 12.1 Å². The van der Waals surface area contributed by atoms with Crippen LogP contribution in [0.3, 0.4) is 0 Å². The number of benzene rings is 1. The van der Waals surface area contributed by atoms with Crippen molar-refractivity contribution in [3.8, 4) is 0 Å². The predicted molar refractivity (Wildman–Crippen MR) is 96.1 cm³/mol. The fraction of sp³-hybridized carbons (Fsp3) is 0.353. The van der Waals surface area contributed by atoms with Crippen molar-refractivity contribution >= 4 is 29.0 Å². The van der Waals surface area contributed by atoms with Crippen molar-refractivity contribution < 1.29 is 9.59 Å². The van der Waals surface area contributed by atoms with Gasteiger partial charge in [-0.2, -0.15) is 0 Å². The van der Waals surface area contributed by atoms with Gasteiger partial charge in [-0.1, -0.05) is 12.1 Å². The molecular formula is C17H22N4O2S. The fourth-order valence-corrected chi connectivity index (χ4v) is 2.78. The number of thiazole rings is 1. The van der Waals surface area contributed by atoms with Gasteiger partial charge in [0.05, 0.1) is 12.5 Å². The van der Waals surface area contributed by atoms with Gasteiger partial charge in [0, 0.05) is 23.3 Å².